The van der Waals surface area contributed by atoms with Crippen molar-refractivity contribution in [3.63, 3.8) is 0 Å². The maximum Gasteiger partial charge on any atom is 0.338 e. The van der Waals surface area contributed by atoms with Crippen LogP contribution in [-0.4, -0.2) is 35.6 Å². The van der Waals surface area contributed by atoms with Gasteiger partial charge in [-0.25, -0.2) is 4.79 Å². The third-order valence-corrected chi connectivity index (χ3v) is 5.99. The van der Waals surface area contributed by atoms with Crippen molar-refractivity contribution in [3.05, 3.63) is 82.2 Å². The Balaban J connectivity index is 1.43. The summed E-state index contributed by atoms with van der Waals surface area (Å²) in [4.78, 5) is 25.3. The molecule has 166 valence electrons. The molecular weight excluding hydrogens is 406 g/mol. The Hall–Kier alpha value is -3.54. The summed E-state index contributed by atoms with van der Waals surface area (Å²) < 4.78 is 19.2. The van der Waals surface area contributed by atoms with Gasteiger partial charge in [0.1, 0.15) is 6.61 Å². The topological polar surface area (TPSA) is 66.8 Å². The number of ether oxygens (including phenoxy) is 3. The summed E-state index contributed by atoms with van der Waals surface area (Å²) >= 11 is 0. The molecule has 2 heterocycles. The van der Waals surface area contributed by atoms with Crippen LogP contribution in [0.5, 0.6) is 11.5 Å². The standard InChI is InChI=1S/C26H27NO5/c1-16-8-7-9-21(18(16)3)26(29)31-15-23(28)22-12-17(2)27(19(22)4)13-20-14-30-24-10-5-6-11-25(24)32-20/h5-12,20H,13-15H2,1-4H3. The zero-order chi connectivity index (χ0) is 22.8. The first-order valence-electron chi connectivity index (χ1n) is 10.7. The molecule has 0 saturated heterocycles. The average Bonchev–Trinajstić information content (AvgIpc) is 3.07. The van der Waals surface area contributed by atoms with Gasteiger partial charge in [-0.05, 0) is 63.1 Å². The third kappa shape index (κ3) is 4.26. The molecule has 0 saturated carbocycles. The largest absolute Gasteiger partial charge is 0.486 e. The predicted molar refractivity (Wildman–Crippen MR) is 121 cm³/mol. The Morgan fingerprint density at radius 2 is 1.75 bits per heavy atom. The molecule has 1 aromatic heterocycles. The average molecular weight is 434 g/mol. The van der Waals surface area contributed by atoms with Gasteiger partial charge in [-0.15, -0.1) is 0 Å². The Labute approximate surface area is 187 Å². The number of para-hydroxylation sites is 2. The van der Waals surface area contributed by atoms with Crippen LogP contribution in [0.15, 0.2) is 48.5 Å². The van der Waals surface area contributed by atoms with E-state index in [-0.39, 0.29) is 18.5 Å². The van der Waals surface area contributed by atoms with Crippen LogP contribution >= 0.6 is 0 Å². The van der Waals surface area contributed by atoms with Crippen LogP contribution < -0.4 is 9.47 Å². The number of fused-ring (bicyclic) bond motifs is 1. The molecular formula is C26H27NO5. The summed E-state index contributed by atoms with van der Waals surface area (Å²) in [5, 5.41) is 0. The number of benzene rings is 2. The maximum atomic E-state index is 12.8. The van der Waals surface area contributed by atoms with Crippen LogP contribution in [0.2, 0.25) is 0 Å². The SMILES string of the molecule is Cc1cccc(C(=O)OCC(=O)c2cc(C)n(CC3COc4ccccc4O3)c2C)c1C. The Kier molecular flexibility index (Phi) is 6.04. The van der Waals surface area contributed by atoms with Crippen LogP contribution in [0.25, 0.3) is 0 Å². The van der Waals surface area contributed by atoms with E-state index >= 15 is 0 Å². The molecule has 1 unspecified atom stereocenters. The molecule has 6 nitrogen and oxygen atoms in total. The van der Waals surface area contributed by atoms with Crippen molar-refractivity contribution in [2.75, 3.05) is 13.2 Å². The van der Waals surface area contributed by atoms with E-state index in [1.165, 1.54) is 0 Å². The number of esters is 1. The first kappa shape index (κ1) is 21.7. The number of hydrogen-bond acceptors (Lipinski definition) is 5. The van der Waals surface area contributed by atoms with Crippen molar-refractivity contribution in [1.29, 1.82) is 0 Å². The Bertz CT molecular complexity index is 1180. The molecule has 2 aromatic carbocycles. The van der Waals surface area contributed by atoms with Crippen LogP contribution in [0, 0.1) is 27.7 Å². The van der Waals surface area contributed by atoms with Gasteiger partial charge in [0.2, 0.25) is 5.78 Å². The molecule has 32 heavy (non-hydrogen) atoms. The summed E-state index contributed by atoms with van der Waals surface area (Å²) in [5.41, 5.74) is 4.66. The van der Waals surface area contributed by atoms with Crippen molar-refractivity contribution >= 4 is 11.8 Å². The third-order valence-electron chi connectivity index (χ3n) is 5.99. The molecule has 0 bridgehead atoms. The lowest BCUT2D eigenvalue weighted by Gasteiger charge is -2.27. The summed E-state index contributed by atoms with van der Waals surface area (Å²) in [6.07, 6.45) is -0.167. The summed E-state index contributed by atoms with van der Waals surface area (Å²) in [5.74, 6) is 0.751. The van der Waals surface area contributed by atoms with Gasteiger partial charge in [-0.2, -0.15) is 0 Å². The van der Waals surface area contributed by atoms with Gasteiger partial charge in [-0.1, -0.05) is 24.3 Å². The molecule has 1 atom stereocenters. The van der Waals surface area contributed by atoms with Crippen molar-refractivity contribution in [2.45, 2.75) is 40.3 Å². The number of hydrogen-bond donors (Lipinski definition) is 0. The molecule has 0 N–H and O–H groups in total. The minimum absolute atomic E-state index is 0.167. The van der Waals surface area contributed by atoms with E-state index in [0.717, 1.165) is 34.0 Å². The van der Waals surface area contributed by atoms with Crippen LogP contribution in [0.4, 0.5) is 0 Å². The van der Waals surface area contributed by atoms with E-state index in [9.17, 15) is 9.59 Å². The van der Waals surface area contributed by atoms with Gasteiger partial charge in [-0.3, -0.25) is 4.79 Å². The van der Waals surface area contributed by atoms with Crippen LogP contribution in [0.3, 0.4) is 0 Å². The molecule has 0 amide bonds. The second kappa shape index (κ2) is 8.91. The number of carbonyl (C=O) groups excluding carboxylic acids is 2. The number of carbonyl (C=O) groups is 2. The first-order valence-corrected chi connectivity index (χ1v) is 10.7. The molecule has 0 aliphatic carbocycles. The molecule has 4 rings (SSSR count). The Morgan fingerprint density at radius 1 is 1.00 bits per heavy atom. The zero-order valence-electron chi connectivity index (χ0n) is 18.8. The highest BCUT2D eigenvalue weighted by Crippen LogP contribution is 2.31. The fourth-order valence-electron chi connectivity index (χ4n) is 3.98. The van der Waals surface area contributed by atoms with E-state index < -0.39 is 5.97 Å². The van der Waals surface area contributed by atoms with Gasteiger partial charge in [0.05, 0.1) is 12.1 Å². The minimum atomic E-state index is -0.486. The first-order chi connectivity index (χ1) is 15.3. The zero-order valence-corrected chi connectivity index (χ0v) is 18.8. The monoisotopic (exact) mass is 433 g/mol. The highest BCUT2D eigenvalue weighted by atomic mass is 16.6. The number of ketones is 1. The van der Waals surface area contributed by atoms with E-state index in [0.29, 0.717) is 24.3 Å². The molecule has 0 radical (unpaired) electrons. The minimum Gasteiger partial charge on any atom is -0.486 e. The second-order valence-corrected chi connectivity index (χ2v) is 8.14. The van der Waals surface area contributed by atoms with Crippen molar-refractivity contribution in [1.82, 2.24) is 4.57 Å². The molecule has 3 aromatic rings. The molecule has 1 aliphatic rings. The molecule has 0 fully saturated rings. The molecule has 1 aliphatic heterocycles. The number of aryl methyl sites for hydroxylation is 2. The highest BCUT2D eigenvalue weighted by Gasteiger charge is 2.24. The fourth-order valence-corrected chi connectivity index (χ4v) is 3.98. The smallest absolute Gasteiger partial charge is 0.338 e. The van der Waals surface area contributed by atoms with E-state index in [4.69, 9.17) is 14.2 Å². The van der Waals surface area contributed by atoms with Gasteiger partial charge < -0.3 is 18.8 Å². The lowest BCUT2D eigenvalue weighted by Crippen LogP contribution is -2.33. The normalized spacial score (nSPS) is 14.8. The summed E-state index contributed by atoms with van der Waals surface area (Å²) in [6.45, 7) is 8.34. The van der Waals surface area contributed by atoms with E-state index in [1.807, 2.05) is 74.7 Å². The number of Topliss-reactive ketones (excluding diaryl/α,β-unsaturated/α-hetero) is 1. The van der Waals surface area contributed by atoms with Gasteiger partial charge in [0, 0.05) is 17.0 Å². The number of nitrogens with zero attached hydrogens (tertiary/aromatic N) is 1. The lowest BCUT2D eigenvalue weighted by atomic mass is 10.0. The van der Waals surface area contributed by atoms with Crippen molar-refractivity contribution < 1.29 is 23.8 Å². The van der Waals surface area contributed by atoms with E-state index in [2.05, 4.69) is 0 Å². The number of rotatable bonds is 6. The van der Waals surface area contributed by atoms with Crippen LogP contribution in [0.1, 0.15) is 43.2 Å². The van der Waals surface area contributed by atoms with Gasteiger partial charge in [0.15, 0.2) is 24.2 Å². The van der Waals surface area contributed by atoms with Crippen molar-refractivity contribution in [2.24, 2.45) is 0 Å². The maximum absolute atomic E-state index is 12.8. The Morgan fingerprint density at radius 3 is 2.53 bits per heavy atom. The van der Waals surface area contributed by atoms with E-state index in [1.54, 1.807) is 6.07 Å². The quantitative estimate of drug-likeness (QED) is 0.420. The molecule has 6 heteroatoms. The summed E-state index contributed by atoms with van der Waals surface area (Å²) in [7, 11) is 0. The molecule has 0 spiro atoms. The van der Waals surface area contributed by atoms with Gasteiger partial charge >= 0.3 is 5.97 Å². The highest BCUT2D eigenvalue weighted by molar-refractivity contribution is 6.00. The fraction of sp³-hybridized carbons (Fsp3) is 0.308. The summed E-state index contributed by atoms with van der Waals surface area (Å²) in [6, 6.07) is 14.9. The van der Waals surface area contributed by atoms with Gasteiger partial charge in [0.25, 0.3) is 0 Å². The lowest BCUT2D eigenvalue weighted by molar-refractivity contribution is 0.0473. The second-order valence-electron chi connectivity index (χ2n) is 8.14. The van der Waals surface area contributed by atoms with Crippen LogP contribution in [-0.2, 0) is 11.3 Å². The predicted octanol–water partition coefficient (Wildman–Crippen LogP) is 4.60. The number of aromatic nitrogens is 1. The van der Waals surface area contributed by atoms with Crippen molar-refractivity contribution in [3.8, 4) is 11.5 Å².